The van der Waals surface area contributed by atoms with Crippen molar-refractivity contribution in [1.29, 1.82) is 0 Å². The molecule has 4 heteroatoms. The lowest BCUT2D eigenvalue weighted by molar-refractivity contribution is 0.302. The molecule has 0 atom stereocenters. The van der Waals surface area contributed by atoms with E-state index in [1.807, 2.05) is 0 Å². The number of rotatable bonds is 6. The molecule has 1 aliphatic carbocycles. The van der Waals surface area contributed by atoms with Crippen molar-refractivity contribution in [1.82, 2.24) is 9.97 Å². The number of aromatic nitrogens is 2. The van der Waals surface area contributed by atoms with Gasteiger partial charge in [0.15, 0.2) is 0 Å². The predicted molar refractivity (Wildman–Crippen MR) is 63.4 cm³/mol. The highest BCUT2D eigenvalue weighted by Gasteiger charge is 2.22. The van der Waals surface area contributed by atoms with Crippen LogP contribution in [0.4, 0.5) is 5.82 Å². The van der Waals surface area contributed by atoms with Gasteiger partial charge in [0.1, 0.15) is 12.1 Å². The maximum absolute atomic E-state index is 8.97. The van der Waals surface area contributed by atoms with E-state index in [1.54, 1.807) is 6.33 Å². The normalized spacial score (nSPS) is 15.1. The Morgan fingerprint density at radius 2 is 2.25 bits per heavy atom. The number of hydrogen-bond acceptors (Lipinski definition) is 4. The zero-order valence-corrected chi connectivity index (χ0v) is 9.76. The van der Waals surface area contributed by atoms with E-state index in [-0.39, 0.29) is 6.61 Å². The second-order valence-corrected chi connectivity index (χ2v) is 4.32. The van der Waals surface area contributed by atoms with Gasteiger partial charge in [0.2, 0.25) is 0 Å². The van der Waals surface area contributed by atoms with Crippen LogP contribution in [-0.4, -0.2) is 34.8 Å². The lowest BCUT2D eigenvalue weighted by atomic mass is 10.2. The molecule has 1 aromatic heterocycles. The average Bonchev–Trinajstić information content (AvgIpc) is 3.10. The Kier molecular flexibility index (Phi) is 3.72. The van der Waals surface area contributed by atoms with Gasteiger partial charge in [0, 0.05) is 24.8 Å². The Labute approximate surface area is 96.3 Å². The molecule has 16 heavy (non-hydrogen) atoms. The van der Waals surface area contributed by atoms with E-state index in [2.05, 4.69) is 27.9 Å². The first kappa shape index (κ1) is 11.3. The third-order valence-electron chi connectivity index (χ3n) is 2.98. The van der Waals surface area contributed by atoms with Crippen LogP contribution < -0.4 is 4.90 Å². The van der Waals surface area contributed by atoms with E-state index < -0.39 is 0 Å². The number of likely N-dealkylation sites (N-methyl/N-ethyl adjacent to an activating group) is 1. The Bertz CT molecular complexity index is 339. The van der Waals surface area contributed by atoms with E-state index in [1.165, 1.54) is 12.8 Å². The van der Waals surface area contributed by atoms with Crippen LogP contribution in [-0.2, 0) is 6.42 Å². The van der Waals surface area contributed by atoms with E-state index in [0.717, 1.165) is 30.4 Å². The fraction of sp³-hybridized carbons (Fsp3) is 0.667. The lowest BCUT2D eigenvalue weighted by Gasteiger charge is -2.20. The summed E-state index contributed by atoms with van der Waals surface area (Å²) in [6, 6.07) is 2.05. The largest absolute Gasteiger partial charge is 0.395 e. The molecule has 1 aromatic rings. The van der Waals surface area contributed by atoms with Crippen LogP contribution in [0.25, 0.3) is 0 Å². The topological polar surface area (TPSA) is 49.2 Å². The third kappa shape index (κ3) is 2.92. The van der Waals surface area contributed by atoms with Crippen molar-refractivity contribution in [2.24, 2.45) is 5.92 Å². The Morgan fingerprint density at radius 1 is 1.44 bits per heavy atom. The van der Waals surface area contributed by atoms with Crippen LogP contribution in [0.1, 0.15) is 25.5 Å². The summed E-state index contributed by atoms with van der Waals surface area (Å²) in [4.78, 5) is 10.6. The van der Waals surface area contributed by atoms with Gasteiger partial charge in [-0.05, 0) is 32.1 Å². The van der Waals surface area contributed by atoms with Gasteiger partial charge in [0.05, 0.1) is 6.61 Å². The van der Waals surface area contributed by atoms with Gasteiger partial charge in [-0.1, -0.05) is 0 Å². The molecule has 4 nitrogen and oxygen atoms in total. The maximum Gasteiger partial charge on any atom is 0.132 e. The molecule has 1 N–H and O–H groups in total. The van der Waals surface area contributed by atoms with Gasteiger partial charge < -0.3 is 10.0 Å². The van der Waals surface area contributed by atoms with Gasteiger partial charge in [0.25, 0.3) is 0 Å². The summed E-state index contributed by atoms with van der Waals surface area (Å²) in [6.45, 7) is 3.73. The van der Waals surface area contributed by atoms with Crippen LogP contribution >= 0.6 is 0 Å². The monoisotopic (exact) mass is 221 g/mol. The van der Waals surface area contributed by atoms with Gasteiger partial charge in [-0.2, -0.15) is 0 Å². The second-order valence-electron chi connectivity index (χ2n) is 4.32. The third-order valence-corrected chi connectivity index (χ3v) is 2.98. The molecule has 88 valence electrons. The number of aliphatic hydroxyl groups is 1. The van der Waals surface area contributed by atoms with Gasteiger partial charge in [-0.25, -0.2) is 9.97 Å². The minimum atomic E-state index is 0.163. The molecular weight excluding hydrogens is 202 g/mol. The van der Waals surface area contributed by atoms with E-state index in [0.29, 0.717) is 6.54 Å². The van der Waals surface area contributed by atoms with E-state index >= 15 is 0 Å². The molecule has 0 spiro atoms. The quantitative estimate of drug-likeness (QED) is 0.785. The summed E-state index contributed by atoms with van der Waals surface area (Å²) >= 11 is 0. The molecule has 0 bridgehead atoms. The first-order chi connectivity index (χ1) is 7.83. The van der Waals surface area contributed by atoms with Crippen molar-refractivity contribution >= 4 is 5.82 Å². The molecule has 1 aliphatic rings. The Balaban J connectivity index is 2.06. The van der Waals surface area contributed by atoms with Gasteiger partial charge >= 0.3 is 0 Å². The predicted octanol–water partition coefficient (Wildman–Crippen LogP) is 1.25. The van der Waals surface area contributed by atoms with Crippen molar-refractivity contribution in [3.05, 3.63) is 18.1 Å². The van der Waals surface area contributed by atoms with Crippen molar-refractivity contribution in [2.75, 3.05) is 24.6 Å². The molecule has 1 heterocycles. The Hall–Kier alpha value is -1.16. The van der Waals surface area contributed by atoms with Crippen LogP contribution in [0, 0.1) is 5.92 Å². The highest BCUT2D eigenvalue weighted by atomic mass is 16.3. The minimum Gasteiger partial charge on any atom is -0.395 e. The molecule has 1 fully saturated rings. The number of aliphatic hydroxyl groups excluding tert-OH is 1. The molecule has 2 rings (SSSR count). The first-order valence-electron chi connectivity index (χ1n) is 6.00. The van der Waals surface area contributed by atoms with Crippen molar-refractivity contribution in [2.45, 2.75) is 26.2 Å². The van der Waals surface area contributed by atoms with Crippen molar-refractivity contribution in [3.8, 4) is 0 Å². The van der Waals surface area contributed by atoms with E-state index in [4.69, 9.17) is 5.11 Å². The molecule has 1 saturated carbocycles. The highest BCUT2D eigenvalue weighted by molar-refractivity contribution is 5.38. The van der Waals surface area contributed by atoms with Crippen LogP contribution in [0.3, 0.4) is 0 Å². The van der Waals surface area contributed by atoms with Crippen molar-refractivity contribution in [3.63, 3.8) is 0 Å². The average molecular weight is 221 g/mol. The summed E-state index contributed by atoms with van der Waals surface area (Å²) in [5, 5.41) is 8.97. The second kappa shape index (κ2) is 5.25. The summed E-state index contributed by atoms with van der Waals surface area (Å²) in [6.07, 6.45) is 5.39. The molecular formula is C12H19N3O. The minimum absolute atomic E-state index is 0.163. The highest BCUT2D eigenvalue weighted by Crippen LogP contribution is 2.32. The van der Waals surface area contributed by atoms with Gasteiger partial charge in [-0.15, -0.1) is 0 Å². The summed E-state index contributed by atoms with van der Waals surface area (Å²) in [5.74, 6) is 1.78. The SMILES string of the molecule is CCN(CCO)c1cc(CC2CC2)ncn1. The van der Waals surface area contributed by atoms with Crippen LogP contribution in [0.2, 0.25) is 0 Å². The first-order valence-corrected chi connectivity index (χ1v) is 6.00. The lowest BCUT2D eigenvalue weighted by Crippen LogP contribution is -2.27. The zero-order valence-electron chi connectivity index (χ0n) is 9.76. The summed E-state index contributed by atoms with van der Waals surface area (Å²) < 4.78 is 0. The van der Waals surface area contributed by atoms with E-state index in [9.17, 15) is 0 Å². The molecule has 0 radical (unpaired) electrons. The fourth-order valence-corrected chi connectivity index (χ4v) is 1.84. The number of anilines is 1. The fourth-order valence-electron chi connectivity index (χ4n) is 1.84. The molecule has 0 amide bonds. The van der Waals surface area contributed by atoms with Crippen LogP contribution in [0.15, 0.2) is 12.4 Å². The number of nitrogens with zero attached hydrogens (tertiary/aromatic N) is 3. The zero-order chi connectivity index (χ0) is 11.4. The Morgan fingerprint density at radius 3 is 2.88 bits per heavy atom. The maximum atomic E-state index is 8.97. The summed E-state index contributed by atoms with van der Waals surface area (Å²) in [5.41, 5.74) is 1.13. The standard InChI is InChI=1S/C12H19N3O/c1-2-15(5-6-16)12-8-11(13-9-14-12)7-10-3-4-10/h8-10,16H,2-7H2,1H3. The number of hydrogen-bond donors (Lipinski definition) is 1. The summed E-state index contributed by atoms with van der Waals surface area (Å²) in [7, 11) is 0. The molecule has 0 saturated heterocycles. The molecule has 0 unspecified atom stereocenters. The molecule has 0 aromatic carbocycles. The smallest absolute Gasteiger partial charge is 0.132 e. The van der Waals surface area contributed by atoms with Gasteiger partial charge in [-0.3, -0.25) is 0 Å². The van der Waals surface area contributed by atoms with Crippen molar-refractivity contribution < 1.29 is 5.11 Å². The molecule has 0 aliphatic heterocycles. The van der Waals surface area contributed by atoms with Crippen LogP contribution in [0.5, 0.6) is 0 Å².